The van der Waals surface area contributed by atoms with Gasteiger partial charge >= 0.3 is 5.97 Å². The number of carbonyl (C=O) groups excluding carboxylic acids is 1. The molecule has 3 aliphatic carbocycles. The van der Waals surface area contributed by atoms with Gasteiger partial charge in [0.2, 0.25) is 0 Å². The molecule has 0 spiro atoms. The van der Waals surface area contributed by atoms with Crippen LogP contribution >= 0.6 is 0 Å². The minimum atomic E-state index is -0.642. The van der Waals surface area contributed by atoms with E-state index < -0.39 is 12.2 Å². The Morgan fingerprint density at radius 1 is 1.15 bits per heavy atom. The molecule has 2 unspecified atom stereocenters. The molecule has 1 aliphatic heterocycles. The van der Waals surface area contributed by atoms with Crippen LogP contribution in [0.5, 0.6) is 0 Å². The quantitative estimate of drug-likeness (QED) is 0.389. The van der Waals surface area contributed by atoms with Crippen molar-refractivity contribution in [2.24, 2.45) is 35.0 Å². The Bertz CT molecular complexity index is 895. The summed E-state index contributed by atoms with van der Waals surface area (Å²) in [4.78, 5) is 12.2. The molecule has 1 heterocycles. The van der Waals surface area contributed by atoms with Gasteiger partial charge in [-0.05, 0) is 85.2 Å². The summed E-state index contributed by atoms with van der Waals surface area (Å²) in [6, 6.07) is 0. The van der Waals surface area contributed by atoms with Crippen LogP contribution in [0.1, 0.15) is 79.1 Å². The second-order valence-corrected chi connectivity index (χ2v) is 12.1. The average Bonchev–Trinajstić information content (AvgIpc) is 3.25. The van der Waals surface area contributed by atoms with Crippen molar-refractivity contribution in [3.8, 4) is 0 Å². The molecule has 3 saturated carbocycles. The van der Waals surface area contributed by atoms with Gasteiger partial charge < -0.3 is 14.9 Å². The molecule has 2 N–H and O–H groups in total. The molecule has 4 rings (SSSR count). The fourth-order valence-corrected chi connectivity index (χ4v) is 7.88. The summed E-state index contributed by atoms with van der Waals surface area (Å²) >= 11 is 0. The van der Waals surface area contributed by atoms with Gasteiger partial charge in [-0.25, -0.2) is 4.79 Å². The first-order valence-electron chi connectivity index (χ1n) is 13.4. The average molecular weight is 469 g/mol. The Morgan fingerprint density at radius 2 is 1.88 bits per heavy atom. The number of allylic oxidation sites excluding steroid dienone is 3. The van der Waals surface area contributed by atoms with E-state index in [9.17, 15) is 15.0 Å². The van der Waals surface area contributed by atoms with Crippen molar-refractivity contribution in [2.75, 3.05) is 0 Å². The van der Waals surface area contributed by atoms with E-state index in [1.54, 1.807) is 0 Å². The Kier molecular flexibility index (Phi) is 7.32. The van der Waals surface area contributed by atoms with Gasteiger partial charge in [-0.1, -0.05) is 58.6 Å². The van der Waals surface area contributed by atoms with Crippen molar-refractivity contribution in [2.45, 2.75) is 97.4 Å². The molecule has 4 fully saturated rings. The Morgan fingerprint density at radius 3 is 2.59 bits per heavy atom. The highest BCUT2D eigenvalue weighted by atomic mass is 16.6. The number of aliphatic hydroxyl groups excluding tert-OH is 2. The number of ether oxygens (including phenoxy) is 1. The van der Waals surface area contributed by atoms with E-state index in [0.29, 0.717) is 42.1 Å². The largest absolute Gasteiger partial charge is 0.458 e. The van der Waals surface area contributed by atoms with Crippen LogP contribution in [-0.4, -0.2) is 34.5 Å². The molecule has 188 valence electrons. The number of carbonyl (C=O) groups is 1. The van der Waals surface area contributed by atoms with Crippen LogP contribution in [0.4, 0.5) is 0 Å². The number of aliphatic hydroxyl groups is 2. The highest BCUT2D eigenvalue weighted by Crippen LogP contribution is 2.60. The zero-order valence-corrected chi connectivity index (χ0v) is 21.6. The molecule has 4 heteroatoms. The standard InChI is InChI=1S/C30H44O4/c1-17(2)28-20(5)29(33)34-27(28)14-18(3)24-11-12-25-21(8-7-13-30(24,25)6)9-10-22-15-23(31)16-26(32)19(22)4/h9-10,17-18,23-28,31-32H,4-5,7-8,11-16H2,1-3,6H3/b21-9+,22-10-/t18-,23-,24-,25+,26+,27?,28?,30-/m1/s1. The van der Waals surface area contributed by atoms with Crippen molar-refractivity contribution >= 4 is 5.97 Å². The number of esters is 1. The highest BCUT2D eigenvalue weighted by Gasteiger charge is 2.52. The van der Waals surface area contributed by atoms with Crippen LogP contribution in [0.25, 0.3) is 0 Å². The van der Waals surface area contributed by atoms with Gasteiger partial charge in [0.25, 0.3) is 0 Å². The molecule has 4 nitrogen and oxygen atoms in total. The van der Waals surface area contributed by atoms with Crippen LogP contribution in [0.2, 0.25) is 0 Å². The van der Waals surface area contributed by atoms with E-state index in [4.69, 9.17) is 4.74 Å². The lowest BCUT2D eigenvalue weighted by Crippen LogP contribution is -2.37. The van der Waals surface area contributed by atoms with Gasteiger partial charge in [0.05, 0.1) is 12.2 Å². The summed E-state index contributed by atoms with van der Waals surface area (Å²) < 4.78 is 5.79. The molecular weight excluding hydrogens is 424 g/mol. The van der Waals surface area contributed by atoms with E-state index >= 15 is 0 Å². The van der Waals surface area contributed by atoms with Gasteiger partial charge in [-0.3, -0.25) is 0 Å². The monoisotopic (exact) mass is 468 g/mol. The predicted molar refractivity (Wildman–Crippen MR) is 136 cm³/mol. The third kappa shape index (κ3) is 4.60. The number of cyclic esters (lactones) is 1. The van der Waals surface area contributed by atoms with Crippen LogP contribution in [0.15, 0.2) is 47.6 Å². The van der Waals surface area contributed by atoms with Crippen molar-refractivity contribution in [1.29, 1.82) is 0 Å². The SMILES string of the molecule is C=C1C(=O)OC(C[C@@H](C)[C@H]2CC[C@H]3/C(=C/C=C4/C[C@@H](O)C[C@H](O)C4=C)CCC[C@]23C)C1C(C)C. The first-order chi connectivity index (χ1) is 16.0. The summed E-state index contributed by atoms with van der Waals surface area (Å²) in [5.41, 5.74) is 4.16. The summed E-state index contributed by atoms with van der Waals surface area (Å²) in [5.74, 6) is 1.94. The predicted octanol–water partition coefficient (Wildman–Crippen LogP) is 5.91. The number of hydrogen-bond donors (Lipinski definition) is 2. The lowest BCUT2D eigenvalue weighted by molar-refractivity contribution is -0.140. The molecule has 0 amide bonds. The van der Waals surface area contributed by atoms with Gasteiger partial charge in [0.15, 0.2) is 0 Å². The van der Waals surface area contributed by atoms with E-state index in [0.717, 1.165) is 24.0 Å². The molecule has 4 aliphatic rings. The maximum atomic E-state index is 12.2. The van der Waals surface area contributed by atoms with Crippen LogP contribution in [0, 0.1) is 35.0 Å². The summed E-state index contributed by atoms with van der Waals surface area (Å²) in [6.45, 7) is 17.3. The molecule has 8 atom stereocenters. The molecule has 0 bridgehead atoms. The third-order valence-electron chi connectivity index (χ3n) is 9.63. The molecule has 0 aromatic carbocycles. The third-order valence-corrected chi connectivity index (χ3v) is 9.63. The van der Waals surface area contributed by atoms with E-state index in [-0.39, 0.29) is 23.4 Å². The minimum Gasteiger partial charge on any atom is -0.458 e. The minimum absolute atomic E-state index is 0.0452. The second kappa shape index (κ2) is 9.78. The first kappa shape index (κ1) is 25.4. The van der Waals surface area contributed by atoms with Crippen molar-refractivity contribution < 1.29 is 19.7 Å². The molecule has 0 aromatic rings. The fraction of sp³-hybridized carbons (Fsp3) is 0.700. The molecule has 0 radical (unpaired) electrons. The maximum absolute atomic E-state index is 12.2. The Labute approximate surface area is 205 Å². The normalized spacial score (nSPS) is 41.9. The molecule has 1 saturated heterocycles. The van der Waals surface area contributed by atoms with Crippen LogP contribution in [0.3, 0.4) is 0 Å². The van der Waals surface area contributed by atoms with Crippen molar-refractivity contribution in [3.05, 3.63) is 47.6 Å². The lowest BCUT2D eigenvalue weighted by atomic mass is 9.60. The number of hydrogen-bond acceptors (Lipinski definition) is 4. The van der Waals surface area contributed by atoms with Crippen molar-refractivity contribution in [1.82, 2.24) is 0 Å². The molecule has 0 aromatic heterocycles. The summed E-state index contributed by atoms with van der Waals surface area (Å²) in [6.07, 6.45) is 11.1. The maximum Gasteiger partial charge on any atom is 0.334 e. The molecule has 34 heavy (non-hydrogen) atoms. The van der Waals surface area contributed by atoms with Crippen LogP contribution in [-0.2, 0) is 9.53 Å². The van der Waals surface area contributed by atoms with E-state index in [2.05, 4.69) is 53.0 Å². The van der Waals surface area contributed by atoms with Crippen molar-refractivity contribution in [3.63, 3.8) is 0 Å². The van der Waals surface area contributed by atoms with Crippen LogP contribution < -0.4 is 0 Å². The van der Waals surface area contributed by atoms with Gasteiger partial charge in [0.1, 0.15) is 6.10 Å². The summed E-state index contributed by atoms with van der Waals surface area (Å²) in [7, 11) is 0. The van der Waals surface area contributed by atoms with E-state index in [1.165, 1.54) is 31.3 Å². The Balaban J connectivity index is 1.49. The highest BCUT2D eigenvalue weighted by molar-refractivity contribution is 5.90. The van der Waals surface area contributed by atoms with Gasteiger partial charge in [0, 0.05) is 17.9 Å². The fourth-order valence-electron chi connectivity index (χ4n) is 7.88. The zero-order valence-electron chi connectivity index (χ0n) is 21.6. The second-order valence-electron chi connectivity index (χ2n) is 12.1. The number of rotatable bonds is 5. The zero-order chi connectivity index (χ0) is 24.8. The first-order valence-corrected chi connectivity index (χ1v) is 13.4. The number of fused-ring (bicyclic) bond motifs is 1. The Hall–Kier alpha value is -1.65. The molecular formula is C30H44O4. The lowest BCUT2D eigenvalue weighted by Gasteiger charge is -2.45. The van der Waals surface area contributed by atoms with Gasteiger partial charge in [-0.2, -0.15) is 0 Å². The van der Waals surface area contributed by atoms with E-state index in [1.807, 2.05) is 0 Å². The smallest absolute Gasteiger partial charge is 0.334 e. The summed E-state index contributed by atoms with van der Waals surface area (Å²) in [5, 5.41) is 20.3. The van der Waals surface area contributed by atoms with Gasteiger partial charge in [-0.15, -0.1) is 0 Å². The topological polar surface area (TPSA) is 66.8 Å².